The molecule has 0 aliphatic carbocycles. The molecule has 5 nitrogen and oxygen atoms in total. The topological polar surface area (TPSA) is 54.5 Å². The molecule has 6 heteroatoms. The predicted molar refractivity (Wildman–Crippen MR) is 61.7 cm³/mol. The van der Waals surface area contributed by atoms with E-state index < -0.39 is 0 Å². The molecule has 0 bridgehead atoms. The molecule has 1 fully saturated rings. The third-order valence-electron chi connectivity index (χ3n) is 2.48. The number of amides is 1. The third kappa shape index (κ3) is 3.26. The van der Waals surface area contributed by atoms with E-state index in [1.807, 2.05) is 0 Å². The lowest BCUT2D eigenvalue weighted by Crippen LogP contribution is -2.41. The van der Waals surface area contributed by atoms with E-state index in [4.69, 9.17) is 4.74 Å². The molecule has 88 valence electrons. The molecule has 1 aromatic heterocycles. The maximum absolute atomic E-state index is 11.5. The van der Waals surface area contributed by atoms with Crippen molar-refractivity contribution in [3.8, 4) is 0 Å². The minimum Gasteiger partial charge on any atom is -0.379 e. The van der Waals surface area contributed by atoms with Crippen LogP contribution in [0, 0.1) is 0 Å². The first-order valence-corrected chi connectivity index (χ1v) is 6.27. The van der Waals surface area contributed by atoms with Crippen LogP contribution in [0.15, 0.2) is 10.9 Å². The van der Waals surface area contributed by atoms with Gasteiger partial charge in [0.05, 0.1) is 18.7 Å². The maximum Gasteiger partial charge on any atom is 0.270 e. The summed E-state index contributed by atoms with van der Waals surface area (Å²) in [7, 11) is 0. The highest BCUT2D eigenvalue weighted by Gasteiger charge is 2.11. The monoisotopic (exact) mass is 241 g/mol. The van der Waals surface area contributed by atoms with Crippen molar-refractivity contribution in [3.05, 3.63) is 16.6 Å². The van der Waals surface area contributed by atoms with Gasteiger partial charge in [0.2, 0.25) is 0 Å². The SMILES string of the molecule is O=C(NCCN1CCOCC1)c1cscn1. The Morgan fingerprint density at radius 3 is 3.06 bits per heavy atom. The maximum atomic E-state index is 11.5. The molecule has 1 aliphatic rings. The Morgan fingerprint density at radius 1 is 1.56 bits per heavy atom. The standard InChI is InChI=1S/C10H15N3O2S/c14-10(9-7-16-8-12-9)11-1-2-13-3-5-15-6-4-13/h7-8H,1-6H2,(H,11,14). The molecular formula is C10H15N3O2S. The molecular weight excluding hydrogens is 226 g/mol. The summed E-state index contributed by atoms with van der Waals surface area (Å²) in [6, 6.07) is 0. The average molecular weight is 241 g/mol. The molecule has 2 rings (SSSR count). The minimum absolute atomic E-state index is 0.0884. The quantitative estimate of drug-likeness (QED) is 0.818. The highest BCUT2D eigenvalue weighted by atomic mass is 32.1. The molecule has 2 heterocycles. The predicted octanol–water partition coefficient (Wildman–Crippen LogP) is 0.205. The van der Waals surface area contributed by atoms with Crippen LogP contribution in [0.5, 0.6) is 0 Å². The summed E-state index contributed by atoms with van der Waals surface area (Å²) in [6.45, 7) is 5.02. The van der Waals surface area contributed by atoms with Crippen LogP contribution in [0.4, 0.5) is 0 Å². The molecule has 0 atom stereocenters. The van der Waals surface area contributed by atoms with E-state index in [0.717, 1.165) is 32.8 Å². The number of ether oxygens (including phenoxy) is 1. The van der Waals surface area contributed by atoms with Crippen LogP contribution in [-0.4, -0.2) is 55.2 Å². The lowest BCUT2D eigenvalue weighted by molar-refractivity contribution is 0.0383. The van der Waals surface area contributed by atoms with E-state index in [1.165, 1.54) is 11.3 Å². The van der Waals surface area contributed by atoms with Gasteiger partial charge in [-0.1, -0.05) is 0 Å². The second kappa shape index (κ2) is 5.93. The van der Waals surface area contributed by atoms with Crippen molar-refractivity contribution in [2.75, 3.05) is 39.4 Å². The van der Waals surface area contributed by atoms with Gasteiger partial charge in [-0.3, -0.25) is 9.69 Å². The van der Waals surface area contributed by atoms with Crippen LogP contribution < -0.4 is 5.32 Å². The third-order valence-corrected chi connectivity index (χ3v) is 3.07. The molecule has 1 saturated heterocycles. The van der Waals surface area contributed by atoms with Gasteiger partial charge in [-0.15, -0.1) is 11.3 Å². The zero-order valence-electron chi connectivity index (χ0n) is 9.02. The van der Waals surface area contributed by atoms with Gasteiger partial charge in [0, 0.05) is 31.6 Å². The van der Waals surface area contributed by atoms with Crippen LogP contribution in [-0.2, 0) is 4.74 Å². The van der Waals surface area contributed by atoms with Gasteiger partial charge in [0.15, 0.2) is 0 Å². The van der Waals surface area contributed by atoms with Crippen molar-refractivity contribution < 1.29 is 9.53 Å². The molecule has 0 radical (unpaired) electrons. The van der Waals surface area contributed by atoms with Crippen LogP contribution in [0.25, 0.3) is 0 Å². The van der Waals surface area contributed by atoms with E-state index in [0.29, 0.717) is 12.2 Å². The first-order valence-electron chi connectivity index (χ1n) is 5.33. The number of nitrogens with zero attached hydrogens (tertiary/aromatic N) is 2. The highest BCUT2D eigenvalue weighted by Crippen LogP contribution is 2.00. The number of thiazole rings is 1. The average Bonchev–Trinajstić information content (AvgIpc) is 2.84. The summed E-state index contributed by atoms with van der Waals surface area (Å²) < 4.78 is 5.25. The number of aromatic nitrogens is 1. The minimum atomic E-state index is -0.0884. The van der Waals surface area contributed by atoms with Gasteiger partial charge >= 0.3 is 0 Å². The summed E-state index contributed by atoms with van der Waals surface area (Å²) in [6.07, 6.45) is 0. The molecule has 0 aromatic carbocycles. The van der Waals surface area contributed by atoms with Gasteiger partial charge < -0.3 is 10.1 Å². The fourth-order valence-electron chi connectivity index (χ4n) is 1.57. The number of rotatable bonds is 4. The van der Waals surface area contributed by atoms with Crippen molar-refractivity contribution in [1.82, 2.24) is 15.2 Å². The Balaban J connectivity index is 1.66. The number of morpholine rings is 1. The second-order valence-corrected chi connectivity index (χ2v) is 4.30. The Morgan fingerprint density at radius 2 is 2.38 bits per heavy atom. The summed E-state index contributed by atoms with van der Waals surface area (Å²) in [5.41, 5.74) is 2.17. The van der Waals surface area contributed by atoms with Gasteiger partial charge in [0.25, 0.3) is 5.91 Å². The summed E-state index contributed by atoms with van der Waals surface area (Å²) in [4.78, 5) is 17.8. The smallest absolute Gasteiger partial charge is 0.270 e. The van der Waals surface area contributed by atoms with Crippen LogP contribution >= 0.6 is 11.3 Å². The first kappa shape index (κ1) is 11.5. The molecule has 1 aromatic rings. The Hall–Kier alpha value is -0.980. The van der Waals surface area contributed by atoms with Crippen LogP contribution in [0.3, 0.4) is 0 Å². The number of hydrogen-bond donors (Lipinski definition) is 1. The van der Waals surface area contributed by atoms with Gasteiger partial charge in [-0.2, -0.15) is 0 Å². The lowest BCUT2D eigenvalue weighted by atomic mass is 10.4. The number of hydrogen-bond acceptors (Lipinski definition) is 5. The van der Waals surface area contributed by atoms with E-state index in [2.05, 4.69) is 15.2 Å². The van der Waals surface area contributed by atoms with E-state index >= 15 is 0 Å². The van der Waals surface area contributed by atoms with Crippen molar-refractivity contribution in [2.24, 2.45) is 0 Å². The molecule has 0 spiro atoms. The van der Waals surface area contributed by atoms with Crippen LogP contribution in [0.2, 0.25) is 0 Å². The van der Waals surface area contributed by atoms with Crippen molar-refractivity contribution in [3.63, 3.8) is 0 Å². The molecule has 0 saturated carbocycles. The fraction of sp³-hybridized carbons (Fsp3) is 0.600. The summed E-state index contributed by atoms with van der Waals surface area (Å²) in [5, 5.41) is 4.61. The fourth-order valence-corrected chi connectivity index (χ4v) is 2.10. The molecule has 16 heavy (non-hydrogen) atoms. The summed E-state index contributed by atoms with van der Waals surface area (Å²) >= 11 is 1.43. The normalized spacial score (nSPS) is 17.2. The Labute approximate surface area is 98.4 Å². The number of nitrogens with one attached hydrogen (secondary N) is 1. The number of carbonyl (C=O) groups is 1. The number of carbonyl (C=O) groups excluding carboxylic acids is 1. The van der Waals surface area contributed by atoms with Crippen molar-refractivity contribution >= 4 is 17.2 Å². The second-order valence-electron chi connectivity index (χ2n) is 3.58. The van der Waals surface area contributed by atoms with Gasteiger partial charge in [0.1, 0.15) is 5.69 Å². The Bertz CT molecular complexity index is 323. The zero-order chi connectivity index (χ0) is 11.2. The summed E-state index contributed by atoms with van der Waals surface area (Å²) in [5.74, 6) is -0.0884. The largest absolute Gasteiger partial charge is 0.379 e. The van der Waals surface area contributed by atoms with Gasteiger partial charge in [-0.05, 0) is 0 Å². The zero-order valence-corrected chi connectivity index (χ0v) is 9.83. The molecule has 1 N–H and O–H groups in total. The van der Waals surface area contributed by atoms with Gasteiger partial charge in [-0.25, -0.2) is 4.98 Å². The van der Waals surface area contributed by atoms with Crippen LogP contribution in [0.1, 0.15) is 10.5 Å². The molecule has 0 unspecified atom stereocenters. The van der Waals surface area contributed by atoms with E-state index in [9.17, 15) is 4.79 Å². The van der Waals surface area contributed by atoms with E-state index in [1.54, 1.807) is 10.9 Å². The van der Waals surface area contributed by atoms with E-state index in [-0.39, 0.29) is 5.91 Å². The molecule has 1 amide bonds. The highest BCUT2D eigenvalue weighted by molar-refractivity contribution is 7.07. The first-order chi connectivity index (χ1) is 7.86. The molecule has 1 aliphatic heterocycles. The van der Waals surface area contributed by atoms with Crippen molar-refractivity contribution in [2.45, 2.75) is 0 Å². The lowest BCUT2D eigenvalue weighted by Gasteiger charge is -2.26. The van der Waals surface area contributed by atoms with Crippen molar-refractivity contribution in [1.29, 1.82) is 0 Å². The Kier molecular flexibility index (Phi) is 4.26.